The van der Waals surface area contributed by atoms with Crippen molar-refractivity contribution in [1.29, 1.82) is 0 Å². The minimum Gasteiger partial charge on any atom is -0.503 e. The van der Waals surface area contributed by atoms with Gasteiger partial charge in [-0.3, -0.25) is 9.59 Å². The molecule has 0 aliphatic carbocycles. The molecule has 15 heavy (non-hydrogen) atoms. The fourth-order valence-electron chi connectivity index (χ4n) is 1.42. The Kier molecular flexibility index (Phi) is 3.66. The van der Waals surface area contributed by atoms with Gasteiger partial charge in [-0.25, -0.2) is 0 Å². The van der Waals surface area contributed by atoms with E-state index in [2.05, 4.69) is 4.98 Å². The van der Waals surface area contributed by atoms with Crippen molar-refractivity contribution >= 4 is 5.78 Å². The monoisotopic (exact) mass is 209 g/mol. The lowest BCUT2D eigenvalue weighted by Gasteiger charge is -2.08. The van der Waals surface area contributed by atoms with E-state index >= 15 is 0 Å². The van der Waals surface area contributed by atoms with Crippen LogP contribution in [0.15, 0.2) is 16.9 Å². The first kappa shape index (κ1) is 11.5. The lowest BCUT2D eigenvalue weighted by molar-refractivity contribution is -0.122. The van der Waals surface area contributed by atoms with E-state index < -0.39 is 5.56 Å². The Balaban J connectivity index is 2.77. The van der Waals surface area contributed by atoms with E-state index in [9.17, 15) is 9.59 Å². The quantitative estimate of drug-likeness (QED) is 0.783. The van der Waals surface area contributed by atoms with Crippen LogP contribution in [-0.4, -0.2) is 15.9 Å². The minimum atomic E-state index is -0.511. The Bertz CT molecular complexity index is 409. The fourth-order valence-corrected chi connectivity index (χ4v) is 1.42. The number of pyridine rings is 1. The summed E-state index contributed by atoms with van der Waals surface area (Å²) in [6.07, 6.45) is 1.01. The third-order valence-electron chi connectivity index (χ3n) is 2.37. The molecule has 0 spiro atoms. The molecule has 0 saturated carbocycles. The van der Waals surface area contributed by atoms with Crippen molar-refractivity contribution in [3.8, 4) is 5.75 Å². The zero-order valence-corrected chi connectivity index (χ0v) is 8.91. The number of carbonyl (C=O) groups is 1. The van der Waals surface area contributed by atoms with E-state index in [1.165, 1.54) is 6.07 Å². The van der Waals surface area contributed by atoms with Crippen LogP contribution in [0.2, 0.25) is 0 Å². The molecule has 1 aromatic rings. The summed E-state index contributed by atoms with van der Waals surface area (Å²) in [5.74, 6) is -0.229. The largest absolute Gasteiger partial charge is 0.503 e. The van der Waals surface area contributed by atoms with Gasteiger partial charge in [-0.1, -0.05) is 13.8 Å². The topological polar surface area (TPSA) is 70.2 Å². The van der Waals surface area contributed by atoms with Gasteiger partial charge in [0.2, 0.25) is 0 Å². The van der Waals surface area contributed by atoms with Crippen LogP contribution < -0.4 is 5.56 Å². The first-order valence-corrected chi connectivity index (χ1v) is 4.98. The van der Waals surface area contributed by atoms with E-state index in [-0.39, 0.29) is 17.5 Å². The summed E-state index contributed by atoms with van der Waals surface area (Å²) in [6, 6.07) is 2.97. The molecule has 0 aliphatic rings. The van der Waals surface area contributed by atoms with Crippen molar-refractivity contribution in [2.75, 3.05) is 0 Å². The molecule has 1 rings (SSSR count). The van der Waals surface area contributed by atoms with Gasteiger partial charge in [0.1, 0.15) is 5.78 Å². The highest BCUT2D eigenvalue weighted by atomic mass is 16.3. The molecule has 2 N–H and O–H groups in total. The van der Waals surface area contributed by atoms with Crippen LogP contribution >= 0.6 is 0 Å². The smallest absolute Gasteiger partial charge is 0.290 e. The number of H-pyrrole nitrogens is 1. The third kappa shape index (κ3) is 2.94. The highest BCUT2D eigenvalue weighted by molar-refractivity contribution is 5.80. The number of hydrogen-bond acceptors (Lipinski definition) is 3. The molecular formula is C11H15NO3. The number of rotatable bonds is 4. The van der Waals surface area contributed by atoms with Crippen molar-refractivity contribution < 1.29 is 9.90 Å². The number of carbonyl (C=O) groups excluding carboxylic acids is 1. The maximum Gasteiger partial charge on any atom is 0.290 e. The Labute approximate surface area is 88.0 Å². The van der Waals surface area contributed by atoms with Gasteiger partial charge in [0.05, 0.1) is 0 Å². The molecule has 0 fully saturated rings. The minimum absolute atomic E-state index is 0.102. The zero-order chi connectivity index (χ0) is 11.4. The average molecular weight is 209 g/mol. The van der Waals surface area contributed by atoms with Crippen molar-refractivity contribution in [2.24, 2.45) is 5.92 Å². The predicted molar refractivity (Wildman–Crippen MR) is 56.9 cm³/mol. The highest BCUT2D eigenvalue weighted by Gasteiger charge is 2.12. The molecule has 0 bridgehead atoms. The highest BCUT2D eigenvalue weighted by Crippen LogP contribution is 2.09. The van der Waals surface area contributed by atoms with Crippen molar-refractivity contribution in [2.45, 2.75) is 26.7 Å². The molecule has 1 unspecified atom stereocenters. The van der Waals surface area contributed by atoms with Crippen molar-refractivity contribution in [1.82, 2.24) is 4.98 Å². The fraction of sp³-hybridized carbons (Fsp3) is 0.455. The number of aromatic nitrogens is 1. The summed E-state index contributed by atoms with van der Waals surface area (Å²) >= 11 is 0. The van der Waals surface area contributed by atoms with Crippen LogP contribution in [0, 0.1) is 5.92 Å². The van der Waals surface area contributed by atoms with E-state index in [0.29, 0.717) is 18.5 Å². The molecule has 82 valence electrons. The van der Waals surface area contributed by atoms with E-state index in [1.54, 1.807) is 6.07 Å². The number of Topliss-reactive ketones (excluding diaryl/α,β-unsaturated/α-hetero) is 1. The van der Waals surface area contributed by atoms with Gasteiger partial charge < -0.3 is 10.1 Å². The molecule has 0 saturated heterocycles. The molecule has 0 aliphatic heterocycles. The zero-order valence-electron chi connectivity index (χ0n) is 8.91. The summed E-state index contributed by atoms with van der Waals surface area (Å²) in [7, 11) is 0. The third-order valence-corrected chi connectivity index (χ3v) is 2.37. The van der Waals surface area contributed by atoms with Crippen LogP contribution in [-0.2, 0) is 11.2 Å². The predicted octanol–water partition coefficient (Wildman–Crippen LogP) is 1.24. The molecular weight excluding hydrogens is 194 g/mol. The number of aromatic amines is 1. The van der Waals surface area contributed by atoms with Gasteiger partial charge in [0.15, 0.2) is 5.75 Å². The second kappa shape index (κ2) is 4.77. The summed E-state index contributed by atoms with van der Waals surface area (Å²) in [5.41, 5.74) is 0.163. The molecule has 0 aromatic carbocycles. The summed E-state index contributed by atoms with van der Waals surface area (Å²) in [5, 5.41) is 9.02. The second-order valence-electron chi connectivity index (χ2n) is 3.62. The number of ketones is 1. The van der Waals surface area contributed by atoms with Crippen LogP contribution in [0.4, 0.5) is 0 Å². The van der Waals surface area contributed by atoms with E-state index in [1.807, 2.05) is 13.8 Å². The van der Waals surface area contributed by atoms with Crippen molar-refractivity contribution in [3.63, 3.8) is 0 Å². The van der Waals surface area contributed by atoms with Gasteiger partial charge >= 0.3 is 0 Å². The maximum atomic E-state index is 11.3. The normalized spacial score (nSPS) is 12.4. The number of hydrogen-bond donors (Lipinski definition) is 2. The lowest BCUT2D eigenvalue weighted by atomic mass is 9.98. The second-order valence-corrected chi connectivity index (χ2v) is 3.62. The van der Waals surface area contributed by atoms with E-state index in [4.69, 9.17) is 5.11 Å². The molecule has 4 heteroatoms. The standard InChI is InChI=1S/C11H15NO3/c1-3-9(13)7(2)6-8-4-5-10(14)11(15)12-8/h4-5,7,14H,3,6H2,1-2H3,(H,12,15). The van der Waals surface area contributed by atoms with Crippen LogP contribution in [0.1, 0.15) is 26.0 Å². The molecule has 0 radical (unpaired) electrons. The number of nitrogens with one attached hydrogen (secondary N) is 1. The van der Waals surface area contributed by atoms with Gasteiger partial charge in [-0.2, -0.15) is 0 Å². The maximum absolute atomic E-state index is 11.3. The first-order valence-electron chi connectivity index (χ1n) is 4.98. The first-order chi connectivity index (χ1) is 7.04. The van der Waals surface area contributed by atoms with Gasteiger partial charge in [-0.05, 0) is 18.6 Å². The molecule has 1 aromatic heterocycles. The van der Waals surface area contributed by atoms with Crippen LogP contribution in [0.25, 0.3) is 0 Å². The molecule has 4 nitrogen and oxygen atoms in total. The van der Waals surface area contributed by atoms with Gasteiger partial charge in [-0.15, -0.1) is 0 Å². The SMILES string of the molecule is CCC(=O)C(C)Cc1ccc(O)c(=O)[nH]1. The van der Waals surface area contributed by atoms with Crippen LogP contribution in [0.3, 0.4) is 0 Å². The van der Waals surface area contributed by atoms with E-state index in [0.717, 1.165) is 0 Å². The summed E-state index contributed by atoms with van der Waals surface area (Å²) < 4.78 is 0. The molecule has 1 heterocycles. The number of aromatic hydroxyl groups is 1. The van der Waals surface area contributed by atoms with Crippen LogP contribution in [0.5, 0.6) is 5.75 Å². The lowest BCUT2D eigenvalue weighted by Crippen LogP contribution is -2.16. The Morgan fingerprint density at radius 1 is 1.53 bits per heavy atom. The summed E-state index contributed by atoms with van der Waals surface area (Å²) in [4.78, 5) is 24.9. The van der Waals surface area contributed by atoms with Crippen molar-refractivity contribution in [3.05, 3.63) is 28.2 Å². The van der Waals surface area contributed by atoms with Gasteiger partial charge in [0, 0.05) is 18.0 Å². The Hall–Kier alpha value is -1.58. The molecule has 0 amide bonds. The average Bonchev–Trinajstić information content (AvgIpc) is 2.22. The Morgan fingerprint density at radius 2 is 2.20 bits per heavy atom. The Morgan fingerprint density at radius 3 is 2.73 bits per heavy atom. The summed E-state index contributed by atoms with van der Waals surface area (Å²) in [6.45, 7) is 3.65. The molecule has 1 atom stereocenters. The van der Waals surface area contributed by atoms with Gasteiger partial charge in [0.25, 0.3) is 5.56 Å².